The zero-order valence-electron chi connectivity index (χ0n) is 9.97. The van der Waals surface area contributed by atoms with Crippen LogP contribution < -0.4 is 4.74 Å². The summed E-state index contributed by atoms with van der Waals surface area (Å²) in [4.78, 5) is 8.47. The predicted molar refractivity (Wildman–Crippen MR) is 83.1 cm³/mol. The number of hydrogen-bond donors (Lipinski definition) is 0. The average molecular weight is 386 g/mol. The fourth-order valence-electron chi connectivity index (χ4n) is 1.97. The lowest BCUT2D eigenvalue weighted by Gasteiger charge is -2.05. The van der Waals surface area contributed by atoms with E-state index in [0.29, 0.717) is 10.9 Å². The van der Waals surface area contributed by atoms with Crippen molar-refractivity contribution in [3.05, 3.63) is 45.4 Å². The number of nitrogens with zero attached hydrogens (tertiary/aromatic N) is 3. The molecule has 0 saturated heterocycles. The summed E-state index contributed by atoms with van der Waals surface area (Å²) in [5.41, 5.74) is 1.76. The smallest absolute Gasteiger partial charge is 0.226 e. The molecule has 19 heavy (non-hydrogen) atoms. The third-order valence-corrected chi connectivity index (χ3v) is 3.83. The normalized spacial score (nSPS) is 10.9. The molecule has 0 aliphatic carbocycles. The number of halogens is 2. The van der Waals surface area contributed by atoms with Gasteiger partial charge in [0.1, 0.15) is 6.33 Å². The Bertz CT molecular complexity index is 757. The van der Waals surface area contributed by atoms with Crippen molar-refractivity contribution in [2.75, 3.05) is 7.11 Å². The summed E-state index contributed by atoms with van der Waals surface area (Å²) in [5, 5.41) is 1.60. The summed E-state index contributed by atoms with van der Waals surface area (Å²) in [7, 11) is 1.61. The second-order valence-electron chi connectivity index (χ2n) is 3.91. The lowest BCUT2D eigenvalue weighted by Crippen LogP contribution is -1.95. The standard InChI is InChI=1S/C13H9ClIN3O/c1-19-13-11-10(15)6-18(12(11)16-7-17-13)9-4-2-3-8(14)5-9/h2-7H,1H3. The van der Waals surface area contributed by atoms with E-state index < -0.39 is 0 Å². The first-order valence-corrected chi connectivity index (χ1v) is 6.98. The van der Waals surface area contributed by atoms with Crippen LogP contribution in [-0.4, -0.2) is 21.6 Å². The van der Waals surface area contributed by atoms with Crippen molar-refractivity contribution in [2.24, 2.45) is 0 Å². The van der Waals surface area contributed by atoms with Gasteiger partial charge in [-0.25, -0.2) is 9.97 Å². The largest absolute Gasteiger partial charge is 0.480 e. The number of fused-ring (bicyclic) bond motifs is 1. The molecular weight excluding hydrogens is 377 g/mol. The summed E-state index contributed by atoms with van der Waals surface area (Å²) in [6, 6.07) is 7.63. The summed E-state index contributed by atoms with van der Waals surface area (Å²) < 4.78 is 8.30. The van der Waals surface area contributed by atoms with Crippen LogP contribution in [0, 0.1) is 3.57 Å². The van der Waals surface area contributed by atoms with Gasteiger partial charge < -0.3 is 4.74 Å². The monoisotopic (exact) mass is 385 g/mol. The minimum absolute atomic E-state index is 0.579. The van der Waals surface area contributed by atoms with Crippen molar-refractivity contribution in [3.63, 3.8) is 0 Å². The third-order valence-electron chi connectivity index (χ3n) is 2.78. The summed E-state index contributed by atoms with van der Waals surface area (Å²) in [6.45, 7) is 0. The van der Waals surface area contributed by atoms with Gasteiger partial charge in [0.2, 0.25) is 5.88 Å². The molecule has 96 valence electrons. The highest BCUT2D eigenvalue weighted by Crippen LogP contribution is 2.30. The van der Waals surface area contributed by atoms with E-state index in [-0.39, 0.29) is 0 Å². The Morgan fingerprint density at radius 2 is 2.16 bits per heavy atom. The van der Waals surface area contributed by atoms with Crippen LogP contribution in [0.25, 0.3) is 16.7 Å². The molecule has 2 aromatic heterocycles. The molecule has 3 rings (SSSR count). The van der Waals surface area contributed by atoms with Crippen molar-refractivity contribution in [3.8, 4) is 11.6 Å². The molecule has 2 heterocycles. The highest BCUT2D eigenvalue weighted by molar-refractivity contribution is 14.1. The Hall–Kier alpha value is -1.34. The van der Waals surface area contributed by atoms with Gasteiger partial charge in [-0.1, -0.05) is 17.7 Å². The second-order valence-corrected chi connectivity index (χ2v) is 5.51. The van der Waals surface area contributed by atoms with Crippen LogP contribution in [0.2, 0.25) is 5.02 Å². The van der Waals surface area contributed by atoms with Crippen LogP contribution in [0.5, 0.6) is 5.88 Å². The molecule has 1 aromatic carbocycles. The number of rotatable bonds is 2. The zero-order chi connectivity index (χ0) is 13.4. The average Bonchev–Trinajstić information content (AvgIpc) is 2.76. The first kappa shape index (κ1) is 12.7. The van der Waals surface area contributed by atoms with E-state index in [4.69, 9.17) is 16.3 Å². The quantitative estimate of drug-likeness (QED) is 0.632. The summed E-state index contributed by atoms with van der Waals surface area (Å²) >= 11 is 8.29. The molecule has 0 N–H and O–H groups in total. The number of benzene rings is 1. The summed E-state index contributed by atoms with van der Waals surface area (Å²) in [6.07, 6.45) is 3.49. The van der Waals surface area contributed by atoms with Gasteiger partial charge in [-0.15, -0.1) is 0 Å². The van der Waals surface area contributed by atoms with Gasteiger partial charge in [0.15, 0.2) is 5.65 Å². The Morgan fingerprint density at radius 3 is 2.89 bits per heavy atom. The Labute approximate surface area is 128 Å². The van der Waals surface area contributed by atoms with Crippen LogP contribution in [0.4, 0.5) is 0 Å². The molecule has 0 atom stereocenters. The van der Waals surface area contributed by atoms with Crippen LogP contribution in [0.1, 0.15) is 0 Å². The molecule has 0 fully saturated rings. The Kier molecular flexibility index (Phi) is 3.32. The molecule has 0 unspecified atom stereocenters. The number of hydrogen-bond acceptors (Lipinski definition) is 3. The molecule has 0 amide bonds. The molecule has 0 aliphatic rings. The van der Waals surface area contributed by atoms with Gasteiger partial charge in [0, 0.05) is 20.5 Å². The summed E-state index contributed by atoms with van der Waals surface area (Å²) in [5.74, 6) is 0.579. The van der Waals surface area contributed by atoms with Crippen LogP contribution in [0.3, 0.4) is 0 Å². The van der Waals surface area contributed by atoms with E-state index in [2.05, 4.69) is 32.6 Å². The molecule has 4 nitrogen and oxygen atoms in total. The zero-order valence-corrected chi connectivity index (χ0v) is 12.9. The molecule has 0 spiro atoms. The minimum Gasteiger partial charge on any atom is -0.480 e. The van der Waals surface area contributed by atoms with E-state index in [9.17, 15) is 0 Å². The number of aromatic nitrogens is 3. The van der Waals surface area contributed by atoms with Crippen molar-refractivity contribution in [1.82, 2.24) is 14.5 Å². The van der Waals surface area contributed by atoms with E-state index >= 15 is 0 Å². The highest BCUT2D eigenvalue weighted by Gasteiger charge is 2.14. The molecule has 0 bridgehead atoms. The van der Waals surface area contributed by atoms with Crippen molar-refractivity contribution < 1.29 is 4.74 Å². The fraction of sp³-hybridized carbons (Fsp3) is 0.0769. The lowest BCUT2D eigenvalue weighted by molar-refractivity contribution is 0.402. The van der Waals surface area contributed by atoms with Gasteiger partial charge in [-0.2, -0.15) is 0 Å². The van der Waals surface area contributed by atoms with E-state index in [1.54, 1.807) is 7.11 Å². The molecule has 0 aliphatic heterocycles. The van der Waals surface area contributed by atoms with Gasteiger partial charge in [0.25, 0.3) is 0 Å². The van der Waals surface area contributed by atoms with Crippen molar-refractivity contribution >= 4 is 45.2 Å². The van der Waals surface area contributed by atoms with Gasteiger partial charge in [0.05, 0.1) is 12.5 Å². The van der Waals surface area contributed by atoms with Crippen LogP contribution in [0.15, 0.2) is 36.8 Å². The molecule has 3 aromatic rings. The maximum atomic E-state index is 6.04. The predicted octanol–water partition coefficient (Wildman–Crippen LogP) is 3.69. The van der Waals surface area contributed by atoms with Gasteiger partial charge >= 0.3 is 0 Å². The van der Waals surface area contributed by atoms with Crippen LogP contribution in [-0.2, 0) is 0 Å². The molecule has 6 heteroatoms. The highest BCUT2D eigenvalue weighted by atomic mass is 127. The Balaban J connectivity index is 2.31. The number of ether oxygens (including phenoxy) is 1. The topological polar surface area (TPSA) is 39.9 Å². The lowest BCUT2D eigenvalue weighted by atomic mass is 10.3. The molecule has 0 saturated carbocycles. The first-order chi connectivity index (χ1) is 9.20. The molecule has 0 radical (unpaired) electrons. The van der Waals surface area contributed by atoms with E-state index in [1.165, 1.54) is 6.33 Å². The molecular formula is C13H9ClIN3O. The SMILES string of the molecule is COc1ncnc2c1c(I)cn2-c1cccc(Cl)c1. The minimum atomic E-state index is 0.579. The van der Waals surface area contributed by atoms with Gasteiger partial charge in [-0.05, 0) is 40.8 Å². The van der Waals surface area contributed by atoms with Crippen molar-refractivity contribution in [1.29, 1.82) is 0 Å². The van der Waals surface area contributed by atoms with E-state index in [1.807, 2.05) is 35.0 Å². The van der Waals surface area contributed by atoms with Crippen molar-refractivity contribution in [2.45, 2.75) is 0 Å². The Morgan fingerprint density at radius 1 is 1.32 bits per heavy atom. The second kappa shape index (κ2) is 4.97. The number of methoxy groups -OCH3 is 1. The first-order valence-electron chi connectivity index (χ1n) is 5.52. The fourth-order valence-corrected chi connectivity index (χ4v) is 2.90. The van der Waals surface area contributed by atoms with Gasteiger partial charge in [-0.3, -0.25) is 4.57 Å². The van der Waals surface area contributed by atoms with E-state index in [0.717, 1.165) is 20.3 Å². The third kappa shape index (κ3) is 2.17. The maximum absolute atomic E-state index is 6.04. The maximum Gasteiger partial charge on any atom is 0.226 e. The van der Waals surface area contributed by atoms with Crippen LogP contribution >= 0.6 is 34.2 Å².